The maximum Gasteiger partial charge on any atom is 0.416 e. The zero-order chi connectivity index (χ0) is 30.8. The number of carbonyl (C=O) groups excluding carboxylic acids is 1. The van der Waals surface area contributed by atoms with Gasteiger partial charge in [-0.25, -0.2) is 9.97 Å². The fraction of sp³-hybridized carbons (Fsp3) is 0.364. The number of hydrogen-bond donors (Lipinski definition) is 3. The summed E-state index contributed by atoms with van der Waals surface area (Å²) in [5.74, 6) is 6.66. The summed E-state index contributed by atoms with van der Waals surface area (Å²) >= 11 is 1.53. The number of aromatic nitrogens is 2. The molecule has 1 atom stereocenters. The molecule has 2 aromatic heterocycles. The lowest BCUT2D eigenvalue weighted by atomic mass is 10.0. The van der Waals surface area contributed by atoms with Gasteiger partial charge in [-0.1, -0.05) is 30.9 Å². The second-order valence-electron chi connectivity index (χ2n) is 11.3. The van der Waals surface area contributed by atoms with Gasteiger partial charge in [0.2, 0.25) is 0 Å². The van der Waals surface area contributed by atoms with Crippen molar-refractivity contribution in [1.29, 1.82) is 0 Å². The van der Waals surface area contributed by atoms with Crippen LogP contribution in [0.4, 0.5) is 24.7 Å². The summed E-state index contributed by atoms with van der Waals surface area (Å²) in [6.45, 7) is 6.32. The zero-order valence-corrected chi connectivity index (χ0v) is 25.3. The third-order valence-corrected chi connectivity index (χ3v) is 9.07. The van der Waals surface area contributed by atoms with Crippen LogP contribution in [0.3, 0.4) is 0 Å². The summed E-state index contributed by atoms with van der Waals surface area (Å²) in [4.78, 5) is 24.1. The van der Waals surface area contributed by atoms with Gasteiger partial charge in [-0.15, -0.1) is 11.3 Å². The number of nitrogens with one attached hydrogen (secondary N) is 3. The average Bonchev–Trinajstić information content (AvgIpc) is 3.73. The van der Waals surface area contributed by atoms with Crippen LogP contribution in [0.25, 0.3) is 10.2 Å². The van der Waals surface area contributed by atoms with E-state index in [2.05, 4.69) is 42.7 Å². The minimum absolute atomic E-state index is 0.0895. The molecule has 44 heavy (non-hydrogen) atoms. The van der Waals surface area contributed by atoms with Crippen LogP contribution in [0.2, 0.25) is 0 Å². The maximum absolute atomic E-state index is 14.1. The third kappa shape index (κ3) is 6.73. The molecule has 1 unspecified atom stereocenters. The van der Waals surface area contributed by atoms with Crippen LogP contribution in [-0.2, 0) is 12.7 Å². The number of alkyl halides is 3. The van der Waals surface area contributed by atoms with E-state index in [9.17, 15) is 18.0 Å². The highest BCUT2D eigenvalue weighted by Gasteiger charge is 2.35. The van der Waals surface area contributed by atoms with Crippen LogP contribution in [0.5, 0.6) is 0 Å². The Labute approximate surface area is 258 Å². The quantitative estimate of drug-likeness (QED) is 0.207. The monoisotopic (exact) mass is 618 g/mol. The van der Waals surface area contributed by atoms with E-state index in [1.54, 1.807) is 18.2 Å². The molecule has 2 aromatic carbocycles. The molecule has 0 spiro atoms. The van der Waals surface area contributed by atoms with Gasteiger partial charge in [0.05, 0.1) is 15.8 Å². The predicted molar refractivity (Wildman–Crippen MR) is 168 cm³/mol. The number of thiophene rings is 1. The zero-order valence-electron chi connectivity index (χ0n) is 24.5. The predicted octanol–water partition coefficient (Wildman–Crippen LogP) is 6.43. The molecule has 0 radical (unpaired) electrons. The highest BCUT2D eigenvalue weighted by atomic mass is 32.1. The second kappa shape index (κ2) is 12.6. The van der Waals surface area contributed by atoms with E-state index in [0.717, 1.165) is 65.6 Å². The van der Waals surface area contributed by atoms with E-state index in [-0.39, 0.29) is 23.8 Å². The van der Waals surface area contributed by atoms with Gasteiger partial charge in [-0.3, -0.25) is 9.69 Å². The first-order chi connectivity index (χ1) is 21.2. The van der Waals surface area contributed by atoms with Crippen molar-refractivity contribution in [2.45, 2.75) is 57.9 Å². The first-order valence-corrected chi connectivity index (χ1v) is 15.6. The number of nitrogens with zero attached hydrogens (tertiary/aromatic N) is 3. The molecule has 3 heterocycles. The molecule has 3 N–H and O–H groups in total. The lowest BCUT2D eigenvalue weighted by molar-refractivity contribution is -0.138. The van der Waals surface area contributed by atoms with Crippen LogP contribution in [0.15, 0.2) is 48.1 Å². The number of carbonyl (C=O) groups is 1. The maximum atomic E-state index is 14.1. The highest BCUT2D eigenvalue weighted by Crippen LogP contribution is 2.35. The van der Waals surface area contributed by atoms with Crippen LogP contribution < -0.4 is 16.0 Å². The first-order valence-electron chi connectivity index (χ1n) is 14.8. The van der Waals surface area contributed by atoms with Crippen molar-refractivity contribution >= 4 is 39.0 Å². The number of fused-ring (bicyclic) bond motifs is 1. The van der Waals surface area contributed by atoms with Crippen molar-refractivity contribution in [2.24, 2.45) is 0 Å². The van der Waals surface area contributed by atoms with E-state index in [0.29, 0.717) is 23.7 Å². The van der Waals surface area contributed by atoms with Crippen molar-refractivity contribution in [3.05, 3.63) is 81.5 Å². The van der Waals surface area contributed by atoms with Gasteiger partial charge >= 0.3 is 6.18 Å². The number of rotatable bonds is 7. The number of piperazine rings is 1. The summed E-state index contributed by atoms with van der Waals surface area (Å²) in [6.07, 6.45) is 0.104. The molecule has 2 aliphatic rings. The molecule has 6 rings (SSSR count). The van der Waals surface area contributed by atoms with Crippen LogP contribution in [0.1, 0.15) is 64.4 Å². The average molecular weight is 619 g/mol. The van der Waals surface area contributed by atoms with Gasteiger partial charge in [0.15, 0.2) is 0 Å². The number of anilines is 2. The Kier molecular flexibility index (Phi) is 8.58. The first kappa shape index (κ1) is 30.1. The minimum Gasteiger partial charge on any atom is -0.366 e. The molecule has 7 nitrogen and oxygen atoms in total. The highest BCUT2D eigenvalue weighted by molar-refractivity contribution is 7.18. The molecule has 11 heteroatoms. The Morgan fingerprint density at radius 3 is 2.73 bits per heavy atom. The standard InChI is InChI=1S/C33H33F3N6OS/c1-3-27-16-37-12-13-42(27)17-23-8-9-26(15-28(23)33(34,35)36)41-32(43)22-5-4-20(2)21(14-22)6-7-24-18-44-30-29(24)38-19-39-31(30)40-25-10-11-25/h4-5,8-9,14-15,18-19,25,27,37H,3,10-13,16-17H2,1-2H3,(H,41,43)(H,38,39,40). The molecule has 1 saturated heterocycles. The summed E-state index contributed by atoms with van der Waals surface area (Å²) in [7, 11) is 0. The fourth-order valence-electron chi connectivity index (χ4n) is 5.39. The van der Waals surface area contributed by atoms with Crippen molar-refractivity contribution in [3.63, 3.8) is 0 Å². The summed E-state index contributed by atoms with van der Waals surface area (Å²) in [6, 6.07) is 9.77. The fourth-order valence-corrected chi connectivity index (χ4v) is 6.29. The van der Waals surface area contributed by atoms with Gasteiger partial charge in [0.1, 0.15) is 17.7 Å². The molecule has 0 bridgehead atoms. The van der Waals surface area contributed by atoms with Crippen molar-refractivity contribution < 1.29 is 18.0 Å². The molecule has 2 fully saturated rings. The van der Waals surface area contributed by atoms with Crippen molar-refractivity contribution in [3.8, 4) is 11.8 Å². The number of halogens is 3. The Morgan fingerprint density at radius 2 is 1.95 bits per heavy atom. The lowest BCUT2D eigenvalue weighted by Gasteiger charge is -2.36. The van der Waals surface area contributed by atoms with E-state index >= 15 is 0 Å². The van der Waals surface area contributed by atoms with Gasteiger partial charge < -0.3 is 16.0 Å². The second-order valence-corrected chi connectivity index (χ2v) is 12.2. The van der Waals surface area contributed by atoms with Crippen molar-refractivity contribution in [1.82, 2.24) is 20.2 Å². The summed E-state index contributed by atoms with van der Waals surface area (Å²) in [5, 5.41) is 11.3. The number of benzene rings is 2. The number of hydrogen-bond acceptors (Lipinski definition) is 7. The van der Waals surface area contributed by atoms with E-state index in [1.807, 2.05) is 19.2 Å². The largest absolute Gasteiger partial charge is 0.416 e. The topological polar surface area (TPSA) is 82.2 Å². The molecular weight excluding hydrogens is 585 g/mol. The van der Waals surface area contributed by atoms with Gasteiger partial charge in [0, 0.05) is 60.5 Å². The molecule has 1 aliphatic heterocycles. The third-order valence-electron chi connectivity index (χ3n) is 8.09. The van der Waals surface area contributed by atoms with Crippen LogP contribution in [-0.4, -0.2) is 52.5 Å². The SMILES string of the molecule is CCC1CNCCN1Cc1ccc(NC(=O)c2ccc(C)c(C#Cc3csc4c(NC5CC5)ncnc34)c2)cc1C(F)(F)F. The molecule has 4 aromatic rings. The molecular formula is C33H33F3N6OS. The Bertz CT molecular complexity index is 1750. The lowest BCUT2D eigenvalue weighted by Crippen LogP contribution is -2.50. The van der Waals surface area contributed by atoms with Crippen LogP contribution in [0, 0.1) is 18.8 Å². The molecule has 1 amide bonds. The summed E-state index contributed by atoms with van der Waals surface area (Å²) in [5.41, 5.74) is 2.93. The Balaban J connectivity index is 1.21. The molecule has 1 aliphatic carbocycles. The molecule has 1 saturated carbocycles. The summed E-state index contributed by atoms with van der Waals surface area (Å²) < 4.78 is 43.3. The van der Waals surface area contributed by atoms with E-state index < -0.39 is 17.6 Å². The molecule has 228 valence electrons. The number of amides is 1. The van der Waals surface area contributed by atoms with Crippen molar-refractivity contribution in [2.75, 3.05) is 30.3 Å². The minimum atomic E-state index is -4.55. The smallest absolute Gasteiger partial charge is 0.366 e. The van der Waals surface area contributed by atoms with Crippen LogP contribution >= 0.6 is 11.3 Å². The van der Waals surface area contributed by atoms with E-state index in [4.69, 9.17) is 0 Å². The van der Waals surface area contributed by atoms with Gasteiger partial charge in [-0.05, 0) is 61.6 Å². The number of aryl methyl sites for hydroxylation is 1. The Morgan fingerprint density at radius 1 is 1.14 bits per heavy atom. The van der Waals surface area contributed by atoms with Gasteiger partial charge in [-0.2, -0.15) is 13.2 Å². The van der Waals surface area contributed by atoms with E-state index in [1.165, 1.54) is 29.8 Å². The van der Waals surface area contributed by atoms with Gasteiger partial charge in [0.25, 0.3) is 5.91 Å². The normalized spacial score (nSPS) is 17.2. The Hall–Kier alpha value is -3.98.